The maximum atomic E-state index is 11.6. The Morgan fingerprint density at radius 3 is 2.50 bits per heavy atom. The van der Waals surface area contributed by atoms with Gasteiger partial charge in [0.25, 0.3) is 0 Å². The van der Waals surface area contributed by atoms with Gasteiger partial charge >= 0.3 is 6.03 Å². The quantitative estimate of drug-likeness (QED) is 0.893. The van der Waals surface area contributed by atoms with Crippen molar-refractivity contribution in [1.29, 1.82) is 0 Å². The van der Waals surface area contributed by atoms with E-state index in [0.29, 0.717) is 11.4 Å². The lowest BCUT2D eigenvalue weighted by molar-refractivity contribution is 0.256. The van der Waals surface area contributed by atoms with Gasteiger partial charge in [-0.15, -0.1) is 0 Å². The van der Waals surface area contributed by atoms with Crippen LogP contribution < -0.4 is 10.6 Å². The largest absolute Gasteiger partial charge is 0.508 e. The van der Waals surface area contributed by atoms with Crippen LogP contribution in [-0.2, 0) is 0 Å². The van der Waals surface area contributed by atoms with Crippen molar-refractivity contribution < 1.29 is 9.90 Å². The predicted molar refractivity (Wildman–Crippen MR) is 74.0 cm³/mol. The molecular formula is C13H11BrN2O2. The Bertz CT molecular complexity index is 587. The van der Waals surface area contributed by atoms with Gasteiger partial charge in [0, 0.05) is 10.5 Å². The van der Waals surface area contributed by atoms with Crippen LogP contribution in [0.4, 0.5) is 16.2 Å². The number of phenols is 1. The molecule has 0 aliphatic rings. The minimum atomic E-state index is -0.618. The van der Waals surface area contributed by atoms with E-state index in [2.05, 4.69) is 15.9 Å². The first-order chi connectivity index (χ1) is 8.59. The third kappa shape index (κ3) is 2.46. The third-order valence-corrected chi connectivity index (χ3v) is 3.07. The summed E-state index contributed by atoms with van der Waals surface area (Å²) in [6.45, 7) is 0. The van der Waals surface area contributed by atoms with Gasteiger partial charge in [-0.25, -0.2) is 4.79 Å². The summed E-state index contributed by atoms with van der Waals surface area (Å²) >= 11 is 3.37. The minimum absolute atomic E-state index is 0.0748. The number of para-hydroxylation sites is 1. The molecule has 5 heteroatoms. The fraction of sp³-hybridized carbons (Fsp3) is 0. The van der Waals surface area contributed by atoms with E-state index >= 15 is 0 Å². The van der Waals surface area contributed by atoms with E-state index in [-0.39, 0.29) is 5.75 Å². The Morgan fingerprint density at radius 2 is 1.89 bits per heavy atom. The number of primary amides is 1. The van der Waals surface area contributed by atoms with Gasteiger partial charge < -0.3 is 10.8 Å². The Morgan fingerprint density at radius 1 is 1.17 bits per heavy atom. The van der Waals surface area contributed by atoms with E-state index < -0.39 is 6.03 Å². The van der Waals surface area contributed by atoms with Gasteiger partial charge in [-0.2, -0.15) is 0 Å². The molecule has 18 heavy (non-hydrogen) atoms. The van der Waals surface area contributed by atoms with Gasteiger partial charge in [-0.1, -0.05) is 18.2 Å². The first kappa shape index (κ1) is 12.4. The Balaban J connectivity index is 2.54. The van der Waals surface area contributed by atoms with E-state index in [1.54, 1.807) is 24.3 Å². The molecule has 2 aromatic carbocycles. The summed E-state index contributed by atoms with van der Waals surface area (Å²) in [4.78, 5) is 12.9. The van der Waals surface area contributed by atoms with Crippen LogP contribution >= 0.6 is 15.9 Å². The topological polar surface area (TPSA) is 66.6 Å². The normalized spacial score (nSPS) is 10.1. The molecule has 0 aromatic heterocycles. The molecule has 0 atom stereocenters. The Hall–Kier alpha value is -2.01. The Labute approximate surface area is 113 Å². The lowest BCUT2D eigenvalue weighted by Gasteiger charge is -2.21. The highest BCUT2D eigenvalue weighted by Crippen LogP contribution is 2.32. The van der Waals surface area contributed by atoms with Gasteiger partial charge in [0.2, 0.25) is 0 Å². The number of carbonyl (C=O) groups excluding carboxylic acids is 1. The zero-order valence-corrected chi connectivity index (χ0v) is 11.0. The van der Waals surface area contributed by atoms with E-state index in [0.717, 1.165) is 4.47 Å². The molecule has 3 N–H and O–H groups in total. The van der Waals surface area contributed by atoms with E-state index in [1.165, 1.54) is 17.0 Å². The minimum Gasteiger partial charge on any atom is -0.508 e. The second-order valence-electron chi connectivity index (χ2n) is 3.64. The first-order valence-electron chi connectivity index (χ1n) is 5.22. The molecule has 2 amide bonds. The molecule has 0 bridgehead atoms. The summed E-state index contributed by atoms with van der Waals surface area (Å²) in [6.07, 6.45) is 0. The first-order valence-corrected chi connectivity index (χ1v) is 6.02. The lowest BCUT2D eigenvalue weighted by Crippen LogP contribution is -2.31. The number of carbonyl (C=O) groups is 1. The average Bonchev–Trinajstić information content (AvgIpc) is 2.32. The summed E-state index contributed by atoms with van der Waals surface area (Å²) < 4.78 is 0.743. The second-order valence-corrected chi connectivity index (χ2v) is 4.50. The van der Waals surface area contributed by atoms with Crippen molar-refractivity contribution in [3.8, 4) is 5.75 Å². The molecule has 0 saturated carbocycles. The zero-order valence-electron chi connectivity index (χ0n) is 9.38. The van der Waals surface area contributed by atoms with Crippen LogP contribution in [0.1, 0.15) is 0 Å². The molecule has 0 radical (unpaired) electrons. The molecule has 0 saturated heterocycles. The zero-order chi connectivity index (χ0) is 13.1. The number of phenolic OH excluding ortho intramolecular Hbond substituents is 1. The van der Waals surface area contributed by atoms with Crippen LogP contribution in [0.2, 0.25) is 0 Å². The molecule has 92 valence electrons. The smallest absolute Gasteiger partial charge is 0.323 e. The maximum Gasteiger partial charge on any atom is 0.323 e. The summed E-state index contributed by atoms with van der Waals surface area (Å²) in [5.41, 5.74) is 6.53. The number of nitrogens with zero attached hydrogens (tertiary/aromatic N) is 1. The number of urea groups is 1. The number of halogens is 1. The van der Waals surface area contributed by atoms with Crippen molar-refractivity contribution in [3.63, 3.8) is 0 Å². The van der Waals surface area contributed by atoms with Crippen LogP contribution in [0.25, 0.3) is 0 Å². The highest BCUT2D eigenvalue weighted by atomic mass is 79.9. The molecule has 0 spiro atoms. The maximum absolute atomic E-state index is 11.6. The summed E-state index contributed by atoms with van der Waals surface area (Å²) in [7, 11) is 0. The van der Waals surface area contributed by atoms with Crippen LogP contribution in [-0.4, -0.2) is 11.1 Å². The number of amides is 2. The molecule has 0 aliphatic carbocycles. The number of nitrogens with two attached hydrogens (primary N) is 1. The fourth-order valence-corrected chi connectivity index (χ4v) is 2.11. The number of hydrogen-bond acceptors (Lipinski definition) is 2. The van der Waals surface area contributed by atoms with Gasteiger partial charge in [-0.05, 0) is 40.2 Å². The molecule has 4 nitrogen and oxygen atoms in total. The third-order valence-electron chi connectivity index (χ3n) is 2.40. The number of aromatic hydroxyl groups is 1. The van der Waals surface area contributed by atoms with E-state index in [1.807, 2.05) is 12.1 Å². The van der Waals surface area contributed by atoms with Crippen molar-refractivity contribution in [2.24, 2.45) is 5.73 Å². The van der Waals surface area contributed by atoms with Gasteiger partial charge in [0.15, 0.2) is 0 Å². The summed E-state index contributed by atoms with van der Waals surface area (Å²) in [5, 5.41) is 9.47. The standard InChI is InChI=1S/C13H11BrN2O2/c14-11-6-1-2-7-12(11)16(13(15)18)9-4-3-5-10(17)8-9/h1-8,17H,(H2,15,18). The van der Waals surface area contributed by atoms with Crippen LogP contribution in [0, 0.1) is 0 Å². The summed E-state index contributed by atoms with van der Waals surface area (Å²) in [5.74, 6) is 0.0748. The van der Waals surface area contributed by atoms with Gasteiger partial charge in [0.1, 0.15) is 5.75 Å². The molecular weight excluding hydrogens is 296 g/mol. The molecule has 0 fully saturated rings. The summed E-state index contributed by atoms with van der Waals surface area (Å²) in [6, 6.07) is 13.0. The van der Waals surface area contributed by atoms with Crippen molar-refractivity contribution in [2.75, 3.05) is 4.90 Å². The molecule has 2 rings (SSSR count). The highest BCUT2D eigenvalue weighted by molar-refractivity contribution is 9.10. The van der Waals surface area contributed by atoms with Crippen LogP contribution in [0.5, 0.6) is 5.75 Å². The average molecular weight is 307 g/mol. The number of rotatable bonds is 2. The van der Waals surface area contributed by atoms with Crippen LogP contribution in [0.15, 0.2) is 53.0 Å². The predicted octanol–water partition coefficient (Wildman–Crippen LogP) is 3.37. The molecule has 0 unspecified atom stereocenters. The second kappa shape index (κ2) is 5.10. The van der Waals surface area contributed by atoms with E-state index in [9.17, 15) is 9.90 Å². The fourth-order valence-electron chi connectivity index (χ4n) is 1.65. The van der Waals surface area contributed by atoms with Crippen molar-refractivity contribution >= 4 is 33.3 Å². The highest BCUT2D eigenvalue weighted by Gasteiger charge is 2.17. The van der Waals surface area contributed by atoms with E-state index in [4.69, 9.17) is 5.73 Å². The van der Waals surface area contributed by atoms with Crippen molar-refractivity contribution in [1.82, 2.24) is 0 Å². The monoisotopic (exact) mass is 306 g/mol. The number of benzene rings is 2. The Kier molecular flexibility index (Phi) is 3.53. The van der Waals surface area contributed by atoms with Crippen molar-refractivity contribution in [3.05, 3.63) is 53.0 Å². The number of anilines is 2. The van der Waals surface area contributed by atoms with Crippen LogP contribution in [0.3, 0.4) is 0 Å². The molecule has 2 aromatic rings. The lowest BCUT2D eigenvalue weighted by atomic mass is 10.2. The molecule has 0 aliphatic heterocycles. The van der Waals surface area contributed by atoms with Crippen molar-refractivity contribution in [2.45, 2.75) is 0 Å². The molecule has 0 heterocycles. The van der Waals surface area contributed by atoms with Gasteiger partial charge in [0.05, 0.1) is 11.4 Å². The SMILES string of the molecule is NC(=O)N(c1cccc(O)c1)c1ccccc1Br. The van der Waals surface area contributed by atoms with Gasteiger partial charge in [-0.3, -0.25) is 4.90 Å². The number of hydrogen-bond donors (Lipinski definition) is 2.